The van der Waals surface area contributed by atoms with E-state index in [2.05, 4.69) is 4.74 Å². The monoisotopic (exact) mass is 212 g/mol. The second-order valence-electron chi connectivity index (χ2n) is 2.68. The molecule has 0 radical (unpaired) electrons. The number of carbonyl (C=O) groups excluding carboxylic acids is 1. The standard InChI is InChI=1S/C6H9ClO4S/c7-12(9,10)4-3-11-6(8)5-1-2-5/h5H,1-4H2. The predicted molar refractivity (Wildman–Crippen MR) is 43.3 cm³/mol. The van der Waals surface area contributed by atoms with Crippen molar-refractivity contribution in [2.45, 2.75) is 12.8 Å². The van der Waals surface area contributed by atoms with Gasteiger partial charge in [-0.05, 0) is 12.8 Å². The lowest BCUT2D eigenvalue weighted by Crippen LogP contribution is -2.13. The number of halogens is 1. The number of hydrogen-bond donors (Lipinski definition) is 0. The van der Waals surface area contributed by atoms with Gasteiger partial charge in [-0.1, -0.05) is 0 Å². The third-order valence-electron chi connectivity index (χ3n) is 1.48. The Hall–Kier alpha value is -0.290. The predicted octanol–water partition coefficient (Wildman–Crippen LogP) is 0.508. The number of ether oxygens (including phenoxy) is 1. The maximum Gasteiger partial charge on any atom is 0.308 e. The van der Waals surface area contributed by atoms with Crippen molar-refractivity contribution >= 4 is 25.7 Å². The fraction of sp³-hybridized carbons (Fsp3) is 0.833. The van der Waals surface area contributed by atoms with Crippen molar-refractivity contribution < 1.29 is 17.9 Å². The highest BCUT2D eigenvalue weighted by Crippen LogP contribution is 2.29. The molecular weight excluding hydrogens is 204 g/mol. The molecule has 0 N–H and O–H groups in total. The molecule has 70 valence electrons. The first-order valence-corrected chi connectivity index (χ1v) is 6.06. The van der Waals surface area contributed by atoms with E-state index < -0.39 is 9.05 Å². The van der Waals surface area contributed by atoms with E-state index in [9.17, 15) is 13.2 Å². The van der Waals surface area contributed by atoms with E-state index in [0.29, 0.717) is 0 Å². The highest BCUT2D eigenvalue weighted by atomic mass is 35.7. The van der Waals surface area contributed by atoms with Gasteiger partial charge >= 0.3 is 5.97 Å². The summed E-state index contributed by atoms with van der Waals surface area (Å²) >= 11 is 0. The van der Waals surface area contributed by atoms with Gasteiger partial charge in [0.25, 0.3) is 0 Å². The van der Waals surface area contributed by atoms with Crippen LogP contribution in [0.4, 0.5) is 0 Å². The second kappa shape index (κ2) is 3.62. The van der Waals surface area contributed by atoms with Gasteiger partial charge in [-0.3, -0.25) is 4.79 Å². The zero-order valence-corrected chi connectivity index (χ0v) is 7.90. The van der Waals surface area contributed by atoms with Crippen LogP contribution in [-0.2, 0) is 18.6 Å². The van der Waals surface area contributed by atoms with Gasteiger partial charge in [-0.25, -0.2) is 8.42 Å². The van der Waals surface area contributed by atoms with E-state index in [1.807, 2.05) is 0 Å². The summed E-state index contributed by atoms with van der Waals surface area (Å²) in [6, 6.07) is 0. The van der Waals surface area contributed by atoms with E-state index in [4.69, 9.17) is 10.7 Å². The second-order valence-corrected chi connectivity index (χ2v) is 5.58. The molecule has 0 bridgehead atoms. The highest BCUT2D eigenvalue weighted by Gasteiger charge is 2.31. The van der Waals surface area contributed by atoms with E-state index in [0.717, 1.165) is 12.8 Å². The molecule has 1 fully saturated rings. The molecule has 1 rings (SSSR count). The minimum atomic E-state index is -3.53. The molecule has 1 saturated carbocycles. The molecule has 0 heterocycles. The van der Waals surface area contributed by atoms with E-state index in [-0.39, 0.29) is 24.2 Å². The van der Waals surface area contributed by atoms with Gasteiger partial charge < -0.3 is 4.74 Å². The van der Waals surface area contributed by atoms with Gasteiger partial charge in [-0.2, -0.15) is 0 Å². The van der Waals surface area contributed by atoms with Crippen LogP contribution in [0.2, 0.25) is 0 Å². The van der Waals surface area contributed by atoms with Gasteiger partial charge in [0.05, 0.1) is 11.7 Å². The van der Waals surface area contributed by atoms with Crippen LogP contribution in [0.25, 0.3) is 0 Å². The first kappa shape index (κ1) is 9.80. The molecule has 0 unspecified atom stereocenters. The van der Waals surface area contributed by atoms with Crippen LogP contribution in [-0.4, -0.2) is 26.7 Å². The summed E-state index contributed by atoms with van der Waals surface area (Å²) in [5.41, 5.74) is 0. The smallest absolute Gasteiger partial charge is 0.308 e. The van der Waals surface area contributed by atoms with Crippen molar-refractivity contribution in [1.82, 2.24) is 0 Å². The van der Waals surface area contributed by atoms with E-state index in [1.54, 1.807) is 0 Å². The van der Waals surface area contributed by atoms with Crippen LogP contribution in [0, 0.1) is 5.92 Å². The molecule has 0 saturated heterocycles. The third kappa shape index (κ3) is 3.92. The molecule has 0 aromatic heterocycles. The van der Waals surface area contributed by atoms with Crippen LogP contribution in [0.5, 0.6) is 0 Å². The average molecular weight is 213 g/mol. The maximum atomic E-state index is 10.8. The zero-order valence-electron chi connectivity index (χ0n) is 6.32. The van der Waals surface area contributed by atoms with Crippen molar-refractivity contribution in [2.24, 2.45) is 5.92 Å². The summed E-state index contributed by atoms with van der Waals surface area (Å²) in [6.45, 7) is -0.138. The largest absolute Gasteiger partial charge is 0.464 e. The van der Waals surface area contributed by atoms with Gasteiger partial charge in [0, 0.05) is 10.7 Å². The van der Waals surface area contributed by atoms with Crippen LogP contribution < -0.4 is 0 Å². The van der Waals surface area contributed by atoms with Crippen molar-refractivity contribution in [1.29, 1.82) is 0 Å². The lowest BCUT2D eigenvalue weighted by Gasteiger charge is -2.00. The van der Waals surface area contributed by atoms with Gasteiger partial charge in [0.15, 0.2) is 0 Å². The molecule has 4 nitrogen and oxygen atoms in total. The highest BCUT2D eigenvalue weighted by molar-refractivity contribution is 8.13. The van der Waals surface area contributed by atoms with Crippen molar-refractivity contribution in [3.8, 4) is 0 Å². The topological polar surface area (TPSA) is 60.4 Å². The first-order chi connectivity index (χ1) is 5.49. The Labute approximate surface area is 75.3 Å². The number of hydrogen-bond acceptors (Lipinski definition) is 4. The van der Waals surface area contributed by atoms with Crippen molar-refractivity contribution in [3.05, 3.63) is 0 Å². The number of rotatable bonds is 4. The molecule has 6 heteroatoms. The van der Waals surface area contributed by atoms with Crippen LogP contribution in [0.15, 0.2) is 0 Å². The Kier molecular flexibility index (Phi) is 2.95. The summed E-state index contributed by atoms with van der Waals surface area (Å²) < 4.78 is 25.4. The van der Waals surface area contributed by atoms with Gasteiger partial charge in [-0.15, -0.1) is 0 Å². The lowest BCUT2D eigenvalue weighted by molar-refractivity contribution is -0.144. The normalized spacial score (nSPS) is 17.4. The Balaban J connectivity index is 2.13. The van der Waals surface area contributed by atoms with E-state index >= 15 is 0 Å². The molecule has 1 aliphatic rings. The van der Waals surface area contributed by atoms with E-state index in [1.165, 1.54) is 0 Å². The molecule has 1 aliphatic carbocycles. The fourth-order valence-electron chi connectivity index (χ4n) is 0.679. The molecule has 0 aromatic carbocycles. The van der Waals surface area contributed by atoms with Crippen LogP contribution in [0.1, 0.15) is 12.8 Å². The van der Waals surface area contributed by atoms with Crippen molar-refractivity contribution in [3.63, 3.8) is 0 Å². The summed E-state index contributed by atoms with van der Waals surface area (Å²) in [4.78, 5) is 10.8. The van der Waals surface area contributed by atoms with Crippen LogP contribution in [0.3, 0.4) is 0 Å². The molecule has 12 heavy (non-hydrogen) atoms. The van der Waals surface area contributed by atoms with Crippen LogP contribution >= 0.6 is 10.7 Å². The quantitative estimate of drug-likeness (QED) is 0.503. The Morgan fingerprint density at radius 2 is 2.08 bits per heavy atom. The average Bonchev–Trinajstić information content (AvgIpc) is 2.64. The van der Waals surface area contributed by atoms with Crippen molar-refractivity contribution in [2.75, 3.05) is 12.4 Å². The summed E-state index contributed by atoms with van der Waals surface area (Å²) in [5, 5.41) is 0. The minimum Gasteiger partial charge on any atom is -0.464 e. The Bertz CT molecular complexity index is 267. The summed E-state index contributed by atoms with van der Waals surface area (Å²) in [7, 11) is 1.36. The number of carbonyl (C=O) groups is 1. The SMILES string of the molecule is O=C(OCCS(=O)(=O)Cl)C1CC1. The molecule has 0 spiro atoms. The molecule has 0 aromatic rings. The Morgan fingerprint density at radius 1 is 1.50 bits per heavy atom. The fourth-order valence-corrected chi connectivity index (χ4v) is 1.15. The minimum absolute atomic E-state index is 0.00281. The molecule has 0 aliphatic heterocycles. The third-order valence-corrected chi connectivity index (χ3v) is 2.60. The zero-order chi connectivity index (χ0) is 9.19. The first-order valence-electron chi connectivity index (χ1n) is 3.58. The number of esters is 1. The lowest BCUT2D eigenvalue weighted by atomic mass is 10.4. The van der Waals surface area contributed by atoms with Gasteiger partial charge in [0.1, 0.15) is 6.61 Å². The maximum absolute atomic E-state index is 10.8. The molecular formula is C6H9ClO4S. The Morgan fingerprint density at radius 3 is 2.50 bits per heavy atom. The molecule has 0 atom stereocenters. The van der Waals surface area contributed by atoms with Gasteiger partial charge in [0.2, 0.25) is 9.05 Å². The summed E-state index contributed by atoms with van der Waals surface area (Å²) in [6.07, 6.45) is 1.71. The molecule has 0 amide bonds. The summed E-state index contributed by atoms with van der Waals surface area (Å²) in [5.74, 6) is -0.620.